The molecule has 1 N–H and O–H groups in total. The van der Waals surface area contributed by atoms with E-state index in [0.29, 0.717) is 12.6 Å². The molecule has 1 atom stereocenters. The quantitative estimate of drug-likeness (QED) is 0.913. The second-order valence-electron chi connectivity index (χ2n) is 6.27. The summed E-state index contributed by atoms with van der Waals surface area (Å²) in [7, 11) is 0. The van der Waals surface area contributed by atoms with Gasteiger partial charge in [-0.1, -0.05) is 0 Å². The molecule has 1 saturated heterocycles. The smallest absolute Gasteiger partial charge is 0.150 e. The summed E-state index contributed by atoms with van der Waals surface area (Å²) in [5.41, 5.74) is 1.35. The predicted molar refractivity (Wildman–Crippen MR) is 91.6 cm³/mol. The molecule has 1 aliphatic heterocycles. The topological polar surface area (TPSA) is 50.3 Å². The van der Waals surface area contributed by atoms with Crippen molar-refractivity contribution in [3.8, 4) is 0 Å². The third kappa shape index (κ3) is 3.54. The second-order valence-corrected chi connectivity index (χ2v) is 7.05. The van der Waals surface area contributed by atoms with E-state index in [1.165, 1.54) is 24.8 Å². The summed E-state index contributed by atoms with van der Waals surface area (Å²) < 4.78 is 5.70. The molecule has 122 valence electrons. The molecule has 0 bridgehead atoms. The molecule has 6 heteroatoms. The summed E-state index contributed by atoms with van der Waals surface area (Å²) in [6, 6.07) is 4.87. The molecule has 4 rings (SSSR count). The van der Waals surface area contributed by atoms with Gasteiger partial charge >= 0.3 is 0 Å². The van der Waals surface area contributed by atoms with Gasteiger partial charge in [0.25, 0.3) is 0 Å². The summed E-state index contributed by atoms with van der Waals surface area (Å²) in [4.78, 5) is 11.7. The normalized spacial score (nSPS) is 22.7. The van der Waals surface area contributed by atoms with E-state index in [1.54, 1.807) is 11.3 Å². The van der Waals surface area contributed by atoms with Crippen molar-refractivity contribution in [3.05, 3.63) is 40.5 Å². The number of anilines is 1. The van der Waals surface area contributed by atoms with Gasteiger partial charge in [-0.15, -0.1) is 0 Å². The lowest BCUT2D eigenvalue weighted by Crippen LogP contribution is -2.40. The van der Waals surface area contributed by atoms with Crippen LogP contribution in [0.2, 0.25) is 0 Å². The SMILES string of the molecule is c1cc(NC2CCC2)nc(C2COCCN2Cc2ccsc2)n1. The van der Waals surface area contributed by atoms with Crippen LogP contribution in [0.4, 0.5) is 5.82 Å². The standard InChI is InChI=1S/C17H22N4OS/c1-2-14(3-1)19-16-4-6-18-17(20-16)15-11-22-8-7-21(15)10-13-5-9-23-12-13/h4-6,9,12,14-15H,1-3,7-8,10-11H2,(H,18,19,20). The zero-order chi connectivity index (χ0) is 15.5. The molecule has 1 saturated carbocycles. The zero-order valence-corrected chi connectivity index (χ0v) is 14.0. The van der Waals surface area contributed by atoms with Crippen molar-refractivity contribution in [2.45, 2.75) is 37.9 Å². The molecule has 1 unspecified atom stereocenters. The minimum Gasteiger partial charge on any atom is -0.378 e. The van der Waals surface area contributed by atoms with Crippen molar-refractivity contribution in [1.82, 2.24) is 14.9 Å². The van der Waals surface area contributed by atoms with Crippen LogP contribution in [-0.4, -0.2) is 40.7 Å². The molecule has 0 radical (unpaired) electrons. The van der Waals surface area contributed by atoms with E-state index in [2.05, 4.69) is 32.0 Å². The Hall–Kier alpha value is -1.50. The third-order valence-corrected chi connectivity index (χ3v) is 5.37. The first-order valence-electron chi connectivity index (χ1n) is 8.31. The van der Waals surface area contributed by atoms with Crippen LogP contribution in [0, 0.1) is 0 Å². The van der Waals surface area contributed by atoms with E-state index < -0.39 is 0 Å². The number of hydrogen-bond donors (Lipinski definition) is 1. The summed E-state index contributed by atoms with van der Waals surface area (Å²) in [5.74, 6) is 1.81. The number of nitrogens with one attached hydrogen (secondary N) is 1. The van der Waals surface area contributed by atoms with E-state index in [0.717, 1.165) is 31.3 Å². The Labute approximate surface area is 140 Å². The third-order valence-electron chi connectivity index (χ3n) is 4.63. The van der Waals surface area contributed by atoms with Crippen LogP contribution in [-0.2, 0) is 11.3 Å². The van der Waals surface area contributed by atoms with Gasteiger partial charge in [0, 0.05) is 25.3 Å². The highest BCUT2D eigenvalue weighted by Gasteiger charge is 2.27. The summed E-state index contributed by atoms with van der Waals surface area (Å²) in [5, 5.41) is 7.85. The largest absolute Gasteiger partial charge is 0.378 e. The Balaban J connectivity index is 1.50. The van der Waals surface area contributed by atoms with Crippen LogP contribution in [0.1, 0.15) is 36.7 Å². The number of nitrogens with zero attached hydrogens (tertiary/aromatic N) is 3. The fourth-order valence-electron chi connectivity index (χ4n) is 3.06. The van der Waals surface area contributed by atoms with Gasteiger partial charge in [0.05, 0.1) is 19.3 Å². The first kappa shape index (κ1) is 15.1. The average molecular weight is 330 g/mol. The van der Waals surface area contributed by atoms with Crippen molar-refractivity contribution in [2.24, 2.45) is 0 Å². The molecule has 0 aromatic carbocycles. The molecular formula is C17H22N4OS. The number of rotatable bonds is 5. The van der Waals surface area contributed by atoms with Crippen LogP contribution in [0.15, 0.2) is 29.1 Å². The Morgan fingerprint density at radius 3 is 3.09 bits per heavy atom. The monoisotopic (exact) mass is 330 g/mol. The number of ether oxygens (including phenoxy) is 1. The number of morpholine rings is 1. The Bertz CT molecular complexity index is 629. The van der Waals surface area contributed by atoms with Crippen molar-refractivity contribution >= 4 is 17.2 Å². The van der Waals surface area contributed by atoms with Gasteiger partial charge in [-0.25, -0.2) is 9.97 Å². The zero-order valence-electron chi connectivity index (χ0n) is 13.1. The van der Waals surface area contributed by atoms with Crippen molar-refractivity contribution < 1.29 is 4.74 Å². The summed E-state index contributed by atoms with van der Waals surface area (Å²) in [6.07, 6.45) is 5.67. The molecule has 2 aromatic rings. The Kier molecular flexibility index (Phi) is 4.55. The van der Waals surface area contributed by atoms with Gasteiger partial charge in [-0.3, -0.25) is 4.90 Å². The molecule has 1 aliphatic carbocycles. The van der Waals surface area contributed by atoms with Gasteiger partial charge in [0.15, 0.2) is 0 Å². The van der Waals surface area contributed by atoms with Gasteiger partial charge in [-0.2, -0.15) is 11.3 Å². The lowest BCUT2D eigenvalue weighted by Gasteiger charge is -2.34. The lowest BCUT2D eigenvalue weighted by atomic mass is 9.93. The van der Waals surface area contributed by atoms with Gasteiger partial charge in [-0.05, 0) is 47.7 Å². The maximum Gasteiger partial charge on any atom is 0.150 e. The fraction of sp³-hybridized carbons (Fsp3) is 0.529. The molecule has 0 spiro atoms. The van der Waals surface area contributed by atoms with Crippen LogP contribution in [0.25, 0.3) is 0 Å². The molecule has 0 amide bonds. The highest BCUT2D eigenvalue weighted by molar-refractivity contribution is 7.07. The van der Waals surface area contributed by atoms with Gasteiger partial charge in [0.2, 0.25) is 0 Å². The van der Waals surface area contributed by atoms with Crippen LogP contribution < -0.4 is 5.32 Å². The minimum atomic E-state index is 0.131. The Morgan fingerprint density at radius 2 is 2.30 bits per heavy atom. The molecule has 5 nitrogen and oxygen atoms in total. The van der Waals surface area contributed by atoms with Crippen LogP contribution >= 0.6 is 11.3 Å². The van der Waals surface area contributed by atoms with E-state index in [-0.39, 0.29) is 6.04 Å². The van der Waals surface area contributed by atoms with E-state index in [9.17, 15) is 0 Å². The lowest BCUT2D eigenvalue weighted by molar-refractivity contribution is -0.0158. The molecule has 2 aromatic heterocycles. The molecule has 3 heterocycles. The number of hydrogen-bond acceptors (Lipinski definition) is 6. The van der Waals surface area contributed by atoms with Crippen molar-refractivity contribution in [3.63, 3.8) is 0 Å². The highest BCUT2D eigenvalue weighted by atomic mass is 32.1. The summed E-state index contributed by atoms with van der Waals surface area (Å²) in [6.45, 7) is 3.29. The van der Waals surface area contributed by atoms with E-state index in [4.69, 9.17) is 9.72 Å². The second kappa shape index (κ2) is 6.95. The first-order chi connectivity index (χ1) is 11.4. The molecular weight excluding hydrogens is 308 g/mol. The van der Waals surface area contributed by atoms with Crippen molar-refractivity contribution in [2.75, 3.05) is 25.1 Å². The average Bonchev–Trinajstić information content (AvgIpc) is 3.05. The van der Waals surface area contributed by atoms with Crippen LogP contribution in [0.3, 0.4) is 0 Å². The predicted octanol–water partition coefficient (Wildman–Crippen LogP) is 3.08. The molecule has 2 aliphatic rings. The number of aromatic nitrogens is 2. The maximum atomic E-state index is 5.70. The van der Waals surface area contributed by atoms with Crippen molar-refractivity contribution in [1.29, 1.82) is 0 Å². The van der Waals surface area contributed by atoms with Crippen LogP contribution in [0.5, 0.6) is 0 Å². The minimum absolute atomic E-state index is 0.131. The number of thiophene rings is 1. The van der Waals surface area contributed by atoms with E-state index >= 15 is 0 Å². The Morgan fingerprint density at radius 1 is 1.35 bits per heavy atom. The summed E-state index contributed by atoms with van der Waals surface area (Å²) >= 11 is 1.74. The highest BCUT2D eigenvalue weighted by Crippen LogP contribution is 2.26. The molecule has 2 fully saturated rings. The van der Waals surface area contributed by atoms with E-state index in [1.807, 2.05) is 12.3 Å². The molecule has 23 heavy (non-hydrogen) atoms. The van der Waals surface area contributed by atoms with Gasteiger partial charge in [0.1, 0.15) is 11.6 Å². The maximum absolute atomic E-state index is 5.70. The van der Waals surface area contributed by atoms with Gasteiger partial charge < -0.3 is 10.1 Å². The first-order valence-corrected chi connectivity index (χ1v) is 9.25. The fourth-order valence-corrected chi connectivity index (χ4v) is 3.72.